The average Bonchev–Trinajstić information content (AvgIpc) is 3.07. The monoisotopic (exact) mass is 271 g/mol. The zero-order valence-corrected chi connectivity index (χ0v) is 11.1. The highest BCUT2D eigenvalue weighted by atomic mass is 16.6. The first-order chi connectivity index (χ1) is 9.74. The van der Waals surface area contributed by atoms with Crippen LogP contribution in [-0.2, 0) is 20.9 Å². The van der Waals surface area contributed by atoms with E-state index in [2.05, 4.69) is 5.32 Å². The number of esters is 1. The second-order valence-electron chi connectivity index (χ2n) is 6.13. The summed E-state index contributed by atoms with van der Waals surface area (Å²) >= 11 is 0. The normalized spacial score (nSPS) is 37.0. The van der Waals surface area contributed by atoms with Crippen LogP contribution in [0.15, 0.2) is 30.3 Å². The van der Waals surface area contributed by atoms with Gasteiger partial charge in [-0.05, 0) is 24.3 Å². The number of fused-ring (bicyclic) bond motifs is 1. The van der Waals surface area contributed by atoms with Crippen molar-refractivity contribution in [3.8, 4) is 0 Å². The molecule has 0 spiro atoms. The van der Waals surface area contributed by atoms with Gasteiger partial charge in [0.05, 0.1) is 11.8 Å². The lowest BCUT2D eigenvalue weighted by molar-refractivity contribution is -0.146. The predicted octanol–water partition coefficient (Wildman–Crippen LogP) is 1.50. The SMILES string of the molecule is O=C(NCc1ccccc1)[C@H]1[C@@H]2C[C@H]3[C@@H]1C(=O)O[C@@H]3C2. The van der Waals surface area contributed by atoms with Gasteiger partial charge in [-0.3, -0.25) is 9.59 Å². The van der Waals surface area contributed by atoms with Crippen LogP contribution in [0.4, 0.5) is 0 Å². The van der Waals surface area contributed by atoms with Crippen molar-refractivity contribution in [2.24, 2.45) is 23.7 Å². The summed E-state index contributed by atoms with van der Waals surface area (Å²) < 4.78 is 5.36. The van der Waals surface area contributed by atoms with Crippen LogP contribution >= 0.6 is 0 Å². The molecule has 3 aliphatic rings. The Morgan fingerprint density at radius 2 is 2.05 bits per heavy atom. The molecule has 2 bridgehead atoms. The van der Waals surface area contributed by atoms with E-state index in [-0.39, 0.29) is 29.8 Å². The Morgan fingerprint density at radius 3 is 2.85 bits per heavy atom. The number of amides is 1. The van der Waals surface area contributed by atoms with Gasteiger partial charge < -0.3 is 10.1 Å². The number of hydrogen-bond donors (Lipinski definition) is 1. The second kappa shape index (κ2) is 4.33. The van der Waals surface area contributed by atoms with E-state index in [1.807, 2.05) is 30.3 Å². The summed E-state index contributed by atoms with van der Waals surface area (Å²) in [5.74, 6) is 0.130. The van der Waals surface area contributed by atoms with Crippen LogP contribution in [0.2, 0.25) is 0 Å². The number of benzene rings is 1. The fourth-order valence-electron chi connectivity index (χ4n) is 4.27. The van der Waals surface area contributed by atoms with Crippen LogP contribution in [-0.4, -0.2) is 18.0 Å². The minimum atomic E-state index is -0.186. The predicted molar refractivity (Wildman–Crippen MR) is 71.4 cm³/mol. The fourth-order valence-corrected chi connectivity index (χ4v) is 4.27. The molecule has 20 heavy (non-hydrogen) atoms. The van der Waals surface area contributed by atoms with Gasteiger partial charge in [0.15, 0.2) is 0 Å². The van der Waals surface area contributed by atoms with Crippen molar-refractivity contribution in [2.45, 2.75) is 25.5 Å². The summed E-state index contributed by atoms with van der Waals surface area (Å²) in [4.78, 5) is 24.3. The zero-order chi connectivity index (χ0) is 13.7. The summed E-state index contributed by atoms with van der Waals surface area (Å²) in [5, 5.41) is 2.98. The number of ether oxygens (including phenoxy) is 1. The fraction of sp³-hybridized carbons (Fsp3) is 0.500. The number of rotatable bonds is 3. The first-order valence-electron chi connectivity index (χ1n) is 7.26. The molecule has 0 radical (unpaired) electrons. The lowest BCUT2D eigenvalue weighted by Crippen LogP contribution is -2.39. The van der Waals surface area contributed by atoms with Gasteiger partial charge in [0.25, 0.3) is 0 Å². The van der Waals surface area contributed by atoms with E-state index >= 15 is 0 Å². The first kappa shape index (κ1) is 11.9. The molecule has 104 valence electrons. The molecule has 1 amide bonds. The minimum absolute atomic E-state index is 0.0173. The van der Waals surface area contributed by atoms with Gasteiger partial charge in [0, 0.05) is 12.5 Å². The molecular formula is C16H17NO3. The Bertz CT molecular complexity index is 554. The largest absolute Gasteiger partial charge is 0.462 e. The molecule has 4 rings (SSSR count). The summed E-state index contributed by atoms with van der Waals surface area (Å²) in [6.07, 6.45) is 1.94. The van der Waals surface area contributed by atoms with Crippen LogP contribution < -0.4 is 5.32 Å². The molecule has 5 atom stereocenters. The topological polar surface area (TPSA) is 55.4 Å². The van der Waals surface area contributed by atoms with E-state index in [0.29, 0.717) is 18.4 Å². The van der Waals surface area contributed by atoms with Crippen molar-refractivity contribution >= 4 is 11.9 Å². The Kier molecular flexibility index (Phi) is 2.59. The lowest BCUT2D eigenvalue weighted by atomic mass is 9.79. The average molecular weight is 271 g/mol. The Morgan fingerprint density at radius 1 is 1.25 bits per heavy atom. The van der Waals surface area contributed by atoms with Crippen LogP contribution in [0.1, 0.15) is 18.4 Å². The Hall–Kier alpha value is -1.84. The molecule has 1 aromatic carbocycles. The van der Waals surface area contributed by atoms with Crippen molar-refractivity contribution in [3.05, 3.63) is 35.9 Å². The number of hydrogen-bond acceptors (Lipinski definition) is 3. The van der Waals surface area contributed by atoms with E-state index < -0.39 is 0 Å². The molecule has 4 nitrogen and oxygen atoms in total. The maximum Gasteiger partial charge on any atom is 0.310 e. The van der Waals surface area contributed by atoms with Crippen LogP contribution in [0.5, 0.6) is 0 Å². The molecule has 0 unspecified atom stereocenters. The Balaban J connectivity index is 1.46. The molecule has 0 aromatic heterocycles. The molecule has 1 saturated heterocycles. The van der Waals surface area contributed by atoms with Gasteiger partial charge in [-0.1, -0.05) is 30.3 Å². The third-order valence-corrected chi connectivity index (χ3v) is 5.10. The number of carbonyl (C=O) groups excluding carboxylic acids is 2. The van der Waals surface area contributed by atoms with Gasteiger partial charge in [-0.25, -0.2) is 0 Å². The standard InChI is InChI=1S/C16H17NO3/c18-15(17-8-9-4-2-1-3-5-9)13-10-6-11-12(7-10)20-16(19)14(11)13/h1-5,10-14H,6-8H2,(H,17,18)/t10-,11-,12-,13+,14+/m1/s1. The number of carbonyl (C=O) groups is 2. The highest BCUT2D eigenvalue weighted by molar-refractivity contribution is 5.88. The molecule has 1 heterocycles. The molecule has 1 N–H and O–H groups in total. The van der Waals surface area contributed by atoms with Gasteiger partial charge >= 0.3 is 5.97 Å². The van der Waals surface area contributed by atoms with E-state index in [9.17, 15) is 9.59 Å². The smallest absolute Gasteiger partial charge is 0.310 e. The van der Waals surface area contributed by atoms with Crippen LogP contribution in [0, 0.1) is 23.7 Å². The van der Waals surface area contributed by atoms with Crippen molar-refractivity contribution < 1.29 is 14.3 Å². The van der Waals surface area contributed by atoms with Gasteiger partial charge in [0.2, 0.25) is 5.91 Å². The van der Waals surface area contributed by atoms with Crippen molar-refractivity contribution in [2.75, 3.05) is 0 Å². The zero-order valence-electron chi connectivity index (χ0n) is 11.1. The molecular weight excluding hydrogens is 254 g/mol. The molecule has 1 aliphatic heterocycles. The third kappa shape index (κ3) is 1.67. The highest BCUT2D eigenvalue weighted by Gasteiger charge is 2.63. The lowest BCUT2D eigenvalue weighted by Gasteiger charge is -2.23. The minimum Gasteiger partial charge on any atom is -0.462 e. The van der Waals surface area contributed by atoms with E-state index in [1.54, 1.807) is 0 Å². The van der Waals surface area contributed by atoms with Crippen LogP contribution in [0.3, 0.4) is 0 Å². The highest BCUT2D eigenvalue weighted by Crippen LogP contribution is 2.57. The van der Waals surface area contributed by atoms with Crippen molar-refractivity contribution in [1.29, 1.82) is 0 Å². The maximum absolute atomic E-state index is 12.4. The summed E-state index contributed by atoms with van der Waals surface area (Å²) in [6, 6.07) is 9.84. The Labute approximate surface area is 117 Å². The van der Waals surface area contributed by atoms with Crippen LogP contribution in [0.25, 0.3) is 0 Å². The van der Waals surface area contributed by atoms with Gasteiger partial charge in [-0.15, -0.1) is 0 Å². The second-order valence-corrected chi connectivity index (χ2v) is 6.13. The number of nitrogens with one attached hydrogen (secondary N) is 1. The van der Waals surface area contributed by atoms with Gasteiger partial charge in [0.1, 0.15) is 6.10 Å². The first-order valence-corrected chi connectivity index (χ1v) is 7.26. The quantitative estimate of drug-likeness (QED) is 0.848. The van der Waals surface area contributed by atoms with E-state index in [1.165, 1.54) is 0 Å². The molecule has 3 fully saturated rings. The summed E-state index contributed by atoms with van der Waals surface area (Å²) in [6.45, 7) is 0.527. The van der Waals surface area contributed by atoms with Crippen molar-refractivity contribution in [3.63, 3.8) is 0 Å². The van der Waals surface area contributed by atoms with Crippen molar-refractivity contribution in [1.82, 2.24) is 5.32 Å². The molecule has 4 heteroatoms. The van der Waals surface area contributed by atoms with E-state index in [4.69, 9.17) is 4.74 Å². The molecule has 1 aromatic rings. The van der Waals surface area contributed by atoms with E-state index in [0.717, 1.165) is 18.4 Å². The molecule has 2 saturated carbocycles. The maximum atomic E-state index is 12.4. The summed E-state index contributed by atoms with van der Waals surface area (Å²) in [7, 11) is 0. The van der Waals surface area contributed by atoms with Gasteiger partial charge in [-0.2, -0.15) is 0 Å². The molecule has 2 aliphatic carbocycles. The summed E-state index contributed by atoms with van der Waals surface area (Å²) in [5.41, 5.74) is 1.08. The third-order valence-electron chi connectivity index (χ3n) is 5.10.